The maximum absolute atomic E-state index is 12.5. The van der Waals surface area contributed by atoms with Crippen LogP contribution in [0.25, 0.3) is 0 Å². The van der Waals surface area contributed by atoms with Crippen molar-refractivity contribution >= 4 is 17.6 Å². The van der Waals surface area contributed by atoms with Crippen molar-refractivity contribution < 1.29 is 24.2 Å². The largest absolute Gasteiger partial charge is 0.495 e. The number of aliphatic hydroxyl groups excluding tert-OH is 1. The minimum Gasteiger partial charge on any atom is -0.495 e. The van der Waals surface area contributed by atoms with Gasteiger partial charge in [-0.1, -0.05) is 42.5 Å². The van der Waals surface area contributed by atoms with Gasteiger partial charge in [0.25, 0.3) is 0 Å². The van der Waals surface area contributed by atoms with E-state index in [0.717, 1.165) is 5.56 Å². The van der Waals surface area contributed by atoms with Crippen LogP contribution in [0, 0.1) is 0 Å². The zero-order valence-corrected chi connectivity index (χ0v) is 18.4. The highest BCUT2D eigenvalue weighted by molar-refractivity contribution is 5.91. The summed E-state index contributed by atoms with van der Waals surface area (Å²) in [5.74, 6) is 0.445. The standard InChI is InChI=1S/C24H31N3O5/c1-16(17-8-4-3-5-9-17)25-23(29)14-18-12-13-20(22(15-28)32-18)27-24(30)26-19-10-6-7-11-21(19)31-2/h3-11,16,18,20,22,28H,12-15H2,1-2H3,(H,25,29)(H2,26,27,30)/t16-,18+,20-,22-/m1/s1. The summed E-state index contributed by atoms with van der Waals surface area (Å²) in [4.78, 5) is 24.9. The van der Waals surface area contributed by atoms with Crippen molar-refractivity contribution in [1.29, 1.82) is 0 Å². The van der Waals surface area contributed by atoms with Gasteiger partial charge in [0.05, 0.1) is 44.0 Å². The number of aliphatic hydroxyl groups is 1. The smallest absolute Gasteiger partial charge is 0.319 e. The molecule has 2 aromatic rings. The van der Waals surface area contributed by atoms with Gasteiger partial charge < -0.3 is 30.5 Å². The molecule has 3 rings (SSSR count). The summed E-state index contributed by atoms with van der Waals surface area (Å²) in [5, 5.41) is 18.4. The molecule has 32 heavy (non-hydrogen) atoms. The van der Waals surface area contributed by atoms with E-state index in [9.17, 15) is 14.7 Å². The van der Waals surface area contributed by atoms with Gasteiger partial charge in [-0.25, -0.2) is 4.79 Å². The molecule has 0 bridgehead atoms. The number of nitrogens with one attached hydrogen (secondary N) is 3. The Hall–Kier alpha value is -3.10. The van der Waals surface area contributed by atoms with Crippen LogP contribution >= 0.6 is 0 Å². The Labute approximate surface area is 188 Å². The van der Waals surface area contributed by atoms with Crippen molar-refractivity contribution in [2.24, 2.45) is 0 Å². The molecule has 4 N–H and O–H groups in total. The molecule has 2 aromatic carbocycles. The number of benzene rings is 2. The molecule has 0 spiro atoms. The Morgan fingerprint density at radius 1 is 1.12 bits per heavy atom. The van der Waals surface area contributed by atoms with Gasteiger partial charge in [-0.3, -0.25) is 4.79 Å². The molecule has 8 heteroatoms. The van der Waals surface area contributed by atoms with Gasteiger partial charge >= 0.3 is 6.03 Å². The van der Waals surface area contributed by atoms with Crippen LogP contribution in [0.4, 0.5) is 10.5 Å². The molecule has 1 aliphatic rings. The molecule has 1 fully saturated rings. The molecule has 0 saturated carbocycles. The van der Waals surface area contributed by atoms with E-state index < -0.39 is 12.1 Å². The second-order valence-corrected chi connectivity index (χ2v) is 7.87. The van der Waals surface area contributed by atoms with Crippen molar-refractivity contribution in [3.63, 3.8) is 0 Å². The van der Waals surface area contributed by atoms with Crippen LogP contribution in [0.5, 0.6) is 5.75 Å². The minimum atomic E-state index is -0.587. The van der Waals surface area contributed by atoms with E-state index in [2.05, 4.69) is 16.0 Å². The fourth-order valence-electron chi connectivity index (χ4n) is 3.85. The Morgan fingerprint density at radius 2 is 1.84 bits per heavy atom. The van der Waals surface area contributed by atoms with Gasteiger partial charge in [0.2, 0.25) is 5.91 Å². The summed E-state index contributed by atoms with van der Waals surface area (Å²) in [6.45, 7) is 1.68. The molecule has 1 saturated heterocycles. The normalized spacial score (nSPS) is 21.3. The summed E-state index contributed by atoms with van der Waals surface area (Å²) in [6, 6.07) is 16.0. The predicted octanol–water partition coefficient (Wildman–Crippen LogP) is 2.99. The number of amides is 3. The first kappa shape index (κ1) is 23.6. The summed E-state index contributed by atoms with van der Waals surface area (Å²) >= 11 is 0. The molecular weight excluding hydrogens is 410 g/mol. The first-order chi connectivity index (χ1) is 15.5. The molecule has 0 aromatic heterocycles. The molecule has 0 unspecified atom stereocenters. The van der Waals surface area contributed by atoms with Crippen molar-refractivity contribution in [3.05, 3.63) is 60.2 Å². The number of methoxy groups -OCH3 is 1. The Morgan fingerprint density at radius 3 is 2.56 bits per heavy atom. The van der Waals surface area contributed by atoms with E-state index >= 15 is 0 Å². The summed E-state index contributed by atoms with van der Waals surface area (Å²) < 4.78 is 11.2. The first-order valence-electron chi connectivity index (χ1n) is 10.8. The number of carbonyl (C=O) groups excluding carboxylic acids is 2. The number of carbonyl (C=O) groups is 2. The van der Waals surface area contributed by atoms with Crippen molar-refractivity contribution in [2.45, 2.75) is 50.5 Å². The van der Waals surface area contributed by atoms with E-state index in [1.165, 1.54) is 7.11 Å². The SMILES string of the molecule is COc1ccccc1NC(=O)N[C@@H]1CC[C@@H](CC(=O)N[C@H](C)c2ccccc2)O[C@@H]1CO. The Balaban J connectivity index is 1.48. The third-order valence-electron chi connectivity index (χ3n) is 5.56. The molecule has 1 heterocycles. The second-order valence-electron chi connectivity index (χ2n) is 7.87. The zero-order valence-electron chi connectivity index (χ0n) is 18.4. The lowest BCUT2D eigenvalue weighted by Gasteiger charge is -2.36. The van der Waals surface area contributed by atoms with E-state index in [0.29, 0.717) is 24.3 Å². The van der Waals surface area contributed by atoms with E-state index in [-0.39, 0.29) is 37.1 Å². The topological polar surface area (TPSA) is 109 Å². The van der Waals surface area contributed by atoms with Gasteiger partial charge in [-0.2, -0.15) is 0 Å². The average Bonchev–Trinajstić information content (AvgIpc) is 2.80. The highest BCUT2D eigenvalue weighted by Gasteiger charge is 2.33. The van der Waals surface area contributed by atoms with Crippen LogP contribution in [-0.2, 0) is 9.53 Å². The second kappa shape index (κ2) is 11.5. The van der Waals surface area contributed by atoms with Crippen LogP contribution < -0.4 is 20.7 Å². The van der Waals surface area contributed by atoms with Crippen molar-refractivity contribution in [1.82, 2.24) is 10.6 Å². The number of hydrogen-bond donors (Lipinski definition) is 4. The highest BCUT2D eigenvalue weighted by atomic mass is 16.5. The van der Waals surface area contributed by atoms with E-state index in [1.54, 1.807) is 18.2 Å². The lowest BCUT2D eigenvalue weighted by molar-refractivity contribution is -0.131. The van der Waals surface area contributed by atoms with E-state index in [1.807, 2.05) is 43.3 Å². The van der Waals surface area contributed by atoms with Crippen molar-refractivity contribution in [2.75, 3.05) is 19.0 Å². The van der Waals surface area contributed by atoms with Gasteiger partial charge in [-0.05, 0) is 37.5 Å². The summed E-state index contributed by atoms with van der Waals surface area (Å²) in [6.07, 6.45) is 0.496. The number of anilines is 1. The first-order valence-corrected chi connectivity index (χ1v) is 10.8. The van der Waals surface area contributed by atoms with Gasteiger partial charge in [0.15, 0.2) is 0 Å². The number of hydrogen-bond acceptors (Lipinski definition) is 5. The van der Waals surface area contributed by atoms with Crippen LogP contribution in [-0.4, -0.2) is 49.0 Å². The third-order valence-corrected chi connectivity index (χ3v) is 5.56. The fourth-order valence-corrected chi connectivity index (χ4v) is 3.85. The maximum Gasteiger partial charge on any atom is 0.319 e. The number of ether oxygens (including phenoxy) is 2. The molecule has 0 aliphatic carbocycles. The third kappa shape index (κ3) is 6.45. The van der Waals surface area contributed by atoms with Crippen LogP contribution in [0.15, 0.2) is 54.6 Å². The lowest BCUT2D eigenvalue weighted by Crippen LogP contribution is -2.52. The minimum absolute atomic E-state index is 0.103. The summed E-state index contributed by atoms with van der Waals surface area (Å²) in [7, 11) is 1.53. The van der Waals surface area contributed by atoms with E-state index in [4.69, 9.17) is 9.47 Å². The number of para-hydroxylation sites is 2. The molecule has 0 radical (unpaired) electrons. The summed E-state index contributed by atoms with van der Waals surface area (Å²) in [5.41, 5.74) is 1.58. The quantitative estimate of drug-likeness (QED) is 0.504. The van der Waals surface area contributed by atoms with Crippen LogP contribution in [0.1, 0.15) is 37.8 Å². The zero-order chi connectivity index (χ0) is 22.9. The monoisotopic (exact) mass is 441 g/mol. The predicted molar refractivity (Wildman–Crippen MR) is 122 cm³/mol. The lowest BCUT2D eigenvalue weighted by atomic mass is 9.97. The maximum atomic E-state index is 12.5. The van der Waals surface area contributed by atoms with Gasteiger partial charge in [0.1, 0.15) is 11.9 Å². The molecule has 8 nitrogen and oxygen atoms in total. The fraction of sp³-hybridized carbons (Fsp3) is 0.417. The van der Waals surface area contributed by atoms with Crippen LogP contribution in [0.2, 0.25) is 0 Å². The number of urea groups is 1. The average molecular weight is 442 g/mol. The molecular formula is C24H31N3O5. The Bertz CT molecular complexity index is 892. The van der Waals surface area contributed by atoms with Crippen LogP contribution in [0.3, 0.4) is 0 Å². The molecule has 172 valence electrons. The number of rotatable bonds is 8. The highest BCUT2D eigenvalue weighted by Crippen LogP contribution is 2.25. The Kier molecular flexibility index (Phi) is 8.47. The molecule has 1 aliphatic heterocycles. The molecule has 4 atom stereocenters. The van der Waals surface area contributed by atoms with Crippen molar-refractivity contribution in [3.8, 4) is 5.75 Å². The van der Waals surface area contributed by atoms with Gasteiger partial charge in [0, 0.05) is 0 Å². The molecule has 3 amide bonds. The van der Waals surface area contributed by atoms with Gasteiger partial charge in [-0.15, -0.1) is 0 Å².